The molecule has 0 fully saturated rings. The lowest BCUT2D eigenvalue weighted by atomic mass is 10.2. The minimum Gasteiger partial charge on any atom is -0.480 e. The number of aromatic amines is 1. The highest BCUT2D eigenvalue weighted by molar-refractivity contribution is 6.00. The number of Topliss-reactive ketones (excluding diaryl/α,β-unsaturated/α-hetero) is 1. The lowest BCUT2D eigenvalue weighted by molar-refractivity contribution is -0.138. The molecule has 0 bridgehead atoms. The zero-order valence-corrected chi connectivity index (χ0v) is 12.2. The number of imidazole rings is 1. The summed E-state index contributed by atoms with van der Waals surface area (Å²) in [6.45, 7) is -0.217. The summed E-state index contributed by atoms with van der Waals surface area (Å²) in [5.41, 5.74) is 6.30. The third kappa shape index (κ3) is 4.48. The number of aromatic nitrogens is 2. The van der Waals surface area contributed by atoms with Crippen molar-refractivity contribution in [2.24, 2.45) is 5.73 Å². The molecule has 5 N–H and O–H groups in total. The maximum atomic E-state index is 12.0. The summed E-state index contributed by atoms with van der Waals surface area (Å²) in [5, 5.41) is 11.2. The molecule has 1 atom stereocenters. The minimum atomic E-state index is -1.14. The van der Waals surface area contributed by atoms with Crippen molar-refractivity contribution in [2.45, 2.75) is 12.5 Å². The third-order valence-corrected chi connectivity index (χ3v) is 3.10. The van der Waals surface area contributed by atoms with Crippen LogP contribution in [-0.4, -0.2) is 45.3 Å². The topological polar surface area (TPSA) is 138 Å². The van der Waals surface area contributed by atoms with E-state index in [1.54, 1.807) is 30.3 Å². The first-order valence-electron chi connectivity index (χ1n) is 6.86. The molecule has 8 nitrogen and oxygen atoms in total. The monoisotopic (exact) mass is 316 g/mol. The summed E-state index contributed by atoms with van der Waals surface area (Å²) >= 11 is 0. The molecule has 23 heavy (non-hydrogen) atoms. The number of H-pyrrole nitrogens is 1. The van der Waals surface area contributed by atoms with Gasteiger partial charge in [-0.15, -0.1) is 0 Å². The molecule has 0 aliphatic carbocycles. The Morgan fingerprint density at radius 1 is 1.26 bits per heavy atom. The van der Waals surface area contributed by atoms with Gasteiger partial charge < -0.3 is 21.1 Å². The number of carboxylic acids is 1. The predicted molar refractivity (Wildman–Crippen MR) is 81.0 cm³/mol. The molecular weight excluding hydrogens is 300 g/mol. The molecule has 0 aliphatic rings. The average molecular weight is 316 g/mol. The first-order valence-corrected chi connectivity index (χ1v) is 6.86. The maximum absolute atomic E-state index is 12.0. The molecule has 1 unspecified atom stereocenters. The fourth-order valence-electron chi connectivity index (χ4n) is 1.86. The highest BCUT2D eigenvalue weighted by Gasteiger charge is 2.16. The van der Waals surface area contributed by atoms with E-state index in [0.717, 1.165) is 0 Å². The minimum absolute atomic E-state index is 0.0337. The van der Waals surface area contributed by atoms with Crippen LogP contribution in [-0.2, 0) is 11.2 Å². The fraction of sp³-hybridized carbons (Fsp3) is 0.200. The van der Waals surface area contributed by atoms with Crippen molar-refractivity contribution in [1.29, 1.82) is 0 Å². The van der Waals surface area contributed by atoms with E-state index < -0.39 is 17.8 Å². The number of nitrogens with two attached hydrogens (primary N) is 1. The summed E-state index contributed by atoms with van der Waals surface area (Å²) in [6.07, 6.45) is 1.39. The van der Waals surface area contributed by atoms with Gasteiger partial charge in [-0.25, -0.2) is 4.98 Å². The first-order chi connectivity index (χ1) is 11.0. The molecule has 1 amide bonds. The third-order valence-electron chi connectivity index (χ3n) is 3.10. The number of carbonyl (C=O) groups excluding carboxylic acids is 2. The van der Waals surface area contributed by atoms with Crippen molar-refractivity contribution in [3.8, 4) is 0 Å². The van der Waals surface area contributed by atoms with Crippen molar-refractivity contribution >= 4 is 17.7 Å². The van der Waals surface area contributed by atoms with E-state index in [4.69, 9.17) is 10.8 Å². The Kier molecular flexibility index (Phi) is 5.21. The van der Waals surface area contributed by atoms with E-state index >= 15 is 0 Å². The van der Waals surface area contributed by atoms with Crippen LogP contribution < -0.4 is 11.1 Å². The molecule has 1 aromatic carbocycles. The van der Waals surface area contributed by atoms with Crippen LogP contribution in [0.25, 0.3) is 0 Å². The number of benzene rings is 1. The second-order valence-corrected chi connectivity index (χ2v) is 4.88. The number of nitrogens with one attached hydrogen (secondary N) is 2. The van der Waals surface area contributed by atoms with Gasteiger partial charge in [0.2, 0.25) is 5.78 Å². The predicted octanol–water partition coefficient (Wildman–Crippen LogP) is -0.0232. The molecule has 2 rings (SSSR count). The van der Waals surface area contributed by atoms with Crippen molar-refractivity contribution in [3.05, 3.63) is 53.6 Å². The Morgan fingerprint density at radius 2 is 1.96 bits per heavy atom. The number of aliphatic carboxylic acids is 1. The molecule has 0 radical (unpaired) electrons. The van der Waals surface area contributed by atoms with Gasteiger partial charge in [0, 0.05) is 23.9 Å². The number of hydrogen-bond acceptors (Lipinski definition) is 5. The Hall–Kier alpha value is -3.00. The molecule has 0 aliphatic heterocycles. The summed E-state index contributed by atoms with van der Waals surface area (Å²) in [7, 11) is 0. The summed E-state index contributed by atoms with van der Waals surface area (Å²) in [5.74, 6) is -1.86. The van der Waals surface area contributed by atoms with Crippen molar-refractivity contribution in [1.82, 2.24) is 15.3 Å². The van der Waals surface area contributed by atoms with Crippen LogP contribution in [0.15, 0.2) is 36.5 Å². The molecule has 8 heteroatoms. The van der Waals surface area contributed by atoms with Gasteiger partial charge in [-0.2, -0.15) is 0 Å². The molecule has 1 heterocycles. The molecule has 120 valence electrons. The van der Waals surface area contributed by atoms with Crippen LogP contribution in [0.3, 0.4) is 0 Å². The average Bonchev–Trinajstić information content (AvgIpc) is 3.01. The quantitative estimate of drug-likeness (QED) is 0.529. The molecular formula is C15H16N4O4. The van der Waals surface area contributed by atoms with Crippen molar-refractivity contribution in [2.75, 3.05) is 6.54 Å². The van der Waals surface area contributed by atoms with E-state index in [-0.39, 0.29) is 24.7 Å². The largest absolute Gasteiger partial charge is 0.480 e. The number of carboxylic acid groups (broad SMARTS) is 1. The van der Waals surface area contributed by atoms with Gasteiger partial charge in [-0.1, -0.05) is 18.2 Å². The maximum Gasteiger partial charge on any atom is 0.320 e. The standard InChI is InChI=1S/C15H16N4O4/c16-11(15(22)23)6-10-7-17-13(19-10)12(20)8-18-14(21)9-4-2-1-3-5-9/h1-5,7,11H,6,8,16H2,(H,17,19)(H,18,21)(H,22,23). The highest BCUT2D eigenvalue weighted by atomic mass is 16.4. The number of ketones is 1. The Morgan fingerprint density at radius 3 is 2.61 bits per heavy atom. The second-order valence-electron chi connectivity index (χ2n) is 4.88. The van der Waals surface area contributed by atoms with Crippen LogP contribution in [0, 0.1) is 0 Å². The van der Waals surface area contributed by atoms with E-state index in [2.05, 4.69) is 15.3 Å². The number of rotatable bonds is 7. The lowest BCUT2D eigenvalue weighted by Crippen LogP contribution is -2.32. The summed E-state index contributed by atoms with van der Waals surface area (Å²) < 4.78 is 0. The van der Waals surface area contributed by atoms with Gasteiger partial charge in [-0.3, -0.25) is 14.4 Å². The zero-order valence-electron chi connectivity index (χ0n) is 12.2. The normalized spacial score (nSPS) is 11.7. The number of carbonyl (C=O) groups is 3. The van der Waals surface area contributed by atoms with Gasteiger partial charge in [0.15, 0.2) is 5.82 Å². The molecule has 0 saturated carbocycles. The van der Waals surface area contributed by atoms with Gasteiger partial charge in [0.25, 0.3) is 5.91 Å². The van der Waals surface area contributed by atoms with E-state index in [9.17, 15) is 14.4 Å². The summed E-state index contributed by atoms with van der Waals surface area (Å²) in [4.78, 5) is 41.1. The van der Waals surface area contributed by atoms with Gasteiger partial charge >= 0.3 is 5.97 Å². The molecule has 1 aromatic heterocycles. The van der Waals surface area contributed by atoms with Crippen molar-refractivity contribution in [3.63, 3.8) is 0 Å². The number of nitrogens with zero attached hydrogens (tertiary/aromatic N) is 1. The van der Waals surface area contributed by atoms with Crippen molar-refractivity contribution < 1.29 is 19.5 Å². The van der Waals surface area contributed by atoms with Gasteiger partial charge in [0.05, 0.1) is 6.54 Å². The van der Waals surface area contributed by atoms with Crippen LogP contribution in [0.5, 0.6) is 0 Å². The summed E-state index contributed by atoms with van der Waals surface area (Å²) in [6, 6.07) is 7.43. The highest BCUT2D eigenvalue weighted by Crippen LogP contribution is 2.02. The fourth-order valence-corrected chi connectivity index (χ4v) is 1.86. The van der Waals surface area contributed by atoms with Crippen LogP contribution in [0.2, 0.25) is 0 Å². The van der Waals surface area contributed by atoms with Crippen LogP contribution in [0.4, 0.5) is 0 Å². The molecule has 0 saturated heterocycles. The smallest absolute Gasteiger partial charge is 0.320 e. The Labute approximate surface area is 131 Å². The first kappa shape index (κ1) is 16.4. The lowest BCUT2D eigenvalue weighted by Gasteiger charge is -2.04. The van der Waals surface area contributed by atoms with E-state index in [1.165, 1.54) is 6.20 Å². The SMILES string of the molecule is NC(Cc1cnc(C(=O)CNC(=O)c2ccccc2)[nH]1)C(=O)O. The molecule has 2 aromatic rings. The second kappa shape index (κ2) is 7.32. The van der Waals surface area contributed by atoms with E-state index in [0.29, 0.717) is 11.3 Å². The van der Waals surface area contributed by atoms with Crippen LogP contribution >= 0.6 is 0 Å². The van der Waals surface area contributed by atoms with Gasteiger partial charge in [-0.05, 0) is 12.1 Å². The number of amides is 1. The van der Waals surface area contributed by atoms with E-state index in [1.807, 2.05) is 0 Å². The zero-order chi connectivity index (χ0) is 16.8. The molecule has 0 spiro atoms. The van der Waals surface area contributed by atoms with Crippen LogP contribution in [0.1, 0.15) is 26.7 Å². The Balaban J connectivity index is 1.90. The Bertz CT molecular complexity index is 711. The number of hydrogen-bond donors (Lipinski definition) is 4. The van der Waals surface area contributed by atoms with Gasteiger partial charge in [0.1, 0.15) is 6.04 Å².